The Hall–Kier alpha value is -3.34. The molecule has 5 heteroatoms. The van der Waals surface area contributed by atoms with Gasteiger partial charge in [-0.3, -0.25) is 4.98 Å². The Balaban J connectivity index is 1.80. The first kappa shape index (κ1) is 17.1. The van der Waals surface area contributed by atoms with Gasteiger partial charge < -0.3 is 15.2 Å². The third-order valence-electron chi connectivity index (χ3n) is 4.85. The van der Waals surface area contributed by atoms with E-state index in [0.29, 0.717) is 17.7 Å². The lowest BCUT2D eigenvalue weighted by Crippen LogP contribution is -2.27. The number of nitrogens with two attached hydrogens (primary N) is 1. The van der Waals surface area contributed by atoms with Crippen molar-refractivity contribution in [3.8, 4) is 5.75 Å². The van der Waals surface area contributed by atoms with Crippen molar-refractivity contribution in [1.82, 2.24) is 4.98 Å². The van der Waals surface area contributed by atoms with Gasteiger partial charge in [-0.15, -0.1) is 0 Å². The lowest BCUT2D eigenvalue weighted by Gasteiger charge is -2.28. The van der Waals surface area contributed by atoms with Crippen LogP contribution >= 0.6 is 0 Å². The van der Waals surface area contributed by atoms with Gasteiger partial charge in [-0.2, -0.15) is 0 Å². The lowest BCUT2D eigenvalue weighted by molar-refractivity contribution is -0.136. The molecule has 3 aromatic rings. The van der Waals surface area contributed by atoms with Gasteiger partial charge in [0.05, 0.1) is 12.6 Å². The Morgan fingerprint density at radius 2 is 2.00 bits per heavy atom. The summed E-state index contributed by atoms with van der Waals surface area (Å²) in [5, 5.41) is 1.08. The molecular weight excluding hydrogens is 340 g/mol. The van der Waals surface area contributed by atoms with Crippen molar-refractivity contribution in [3.63, 3.8) is 0 Å². The number of esters is 1. The molecule has 0 radical (unpaired) electrons. The van der Waals surface area contributed by atoms with Gasteiger partial charge in [0.1, 0.15) is 11.3 Å². The van der Waals surface area contributed by atoms with E-state index in [0.717, 1.165) is 27.7 Å². The molecule has 0 amide bonds. The van der Waals surface area contributed by atoms with Crippen LogP contribution in [0.2, 0.25) is 0 Å². The number of fused-ring (bicyclic) bond motifs is 2. The monoisotopic (exact) mass is 360 g/mol. The summed E-state index contributed by atoms with van der Waals surface area (Å²) in [5.41, 5.74) is 10.2. The number of hydrogen-bond donors (Lipinski definition) is 1. The fraction of sp³-hybridized carbons (Fsp3) is 0.182. The van der Waals surface area contributed by atoms with Crippen LogP contribution in [0.15, 0.2) is 66.1 Å². The molecule has 5 nitrogen and oxygen atoms in total. The van der Waals surface area contributed by atoms with Crippen molar-refractivity contribution < 1.29 is 14.3 Å². The number of aromatic nitrogens is 1. The van der Waals surface area contributed by atoms with E-state index in [4.69, 9.17) is 20.2 Å². The number of rotatable bonds is 3. The number of carbonyl (C=O) groups excluding carboxylic acids is 1. The molecular formula is C22H20N2O3. The van der Waals surface area contributed by atoms with Crippen LogP contribution in [-0.2, 0) is 16.0 Å². The van der Waals surface area contributed by atoms with E-state index < -0.39 is 5.97 Å². The highest BCUT2D eigenvalue weighted by atomic mass is 16.5. The van der Waals surface area contributed by atoms with Crippen molar-refractivity contribution in [2.45, 2.75) is 19.3 Å². The summed E-state index contributed by atoms with van der Waals surface area (Å²) in [5.74, 6) is -0.00309. The van der Waals surface area contributed by atoms with E-state index in [9.17, 15) is 4.79 Å². The van der Waals surface area contributed by atoms with Gasteiger partial charge in [-0.05, 0) is 30.7 Å². The third-order valence-corrected chi connectivity index (χ3v) is 4.85. The number of benzene rings is 2. The van der Waals surface area contributed by atoms with E-state index >= 15 is 0 Å². The molecule has 0 saturated heterocycles. The summed E-state index contributed by atoms with van der Waals surface area (Å²) in [7, 11) is 1.35. The predicted molar refractivity (Wildman–Crippen MR) is 103 cm³/mol. The van der Waals surface area contributed by atoms with Crippen LogP contribution in [0, 0.1) is 6.92 Å². The predicted octanol–water partition coefficient (Wildman–Crippen LogP) is 3.61. The number of para-hydroxylation sites is 1. The smallest absolute Gasteiger partial charge is 0.339 e. The molecule has 1 unspecified atom stereocenters. The zero-order chi connectivity index (χ0) is 19.0. The van der Waals surface area contributed by atoms with Crippen LogP contribution < -0.4 is 10.5 Å². The molecule has 0 saturated carbocycles. The minimum absolute atomic E-state index is 0.0886. The zero-order valence-electron chi connectivity index (χ0n) is 15.2. The second-order valence-electron chi connectivity index (χ2n) is 6.66. The molecule has 1 aromatic heterocycles. The molecule has 0 bridgehead atoms. The van der Waals surface area contributed by atoms with Crippen LogP contribution in [0.4, 0.5) is 0 Å². The summed E-state index contributed by atoms with van der Waals surface area (Å²) in [6.07, 6.45) is 0.523. The molecule has 0 aliphatic carbocycles. The van der Waals surface area contributed by atoms with Gasteiger partial charge in [-0.1, -0.05) is 36.4 Å². The van der Waals surface area contributed by atoms with Crippen LogP contribution in [0.1, 0.15) is 22.7 Å². The van der Waals surface area contributed by atoms with E-state index in [1.54, 1.807) is 0 Å². The summed E-state index contributed by atoms with van der Waals surface area (Å²) < 4.78 is 10.7. The normalized spacial score (nSPS) is 16.0. The van der Waals surface area contributed by atoms with Crippen LogP contribution in [0.25, 0.3) is 10.9 Å². The number of carbonyl (C=O) groups is 1. The zero-order valence-corrected chi connectivity index (χ0v) is 15.2. The fourth-order valence-electron chi connectivity index (χ4n) is 3.51. The molecule has 27 heavy (non-hydrogen) atoms. The van der Waals surface area contributed by atoms with E-state index in [1.807, 2.05) is 61.5 Å². The van der Waals surface area contributed by atoms with Gasteiger partial charge in [0.15, 0.2) is 0 Å². The van der Waals surface area contributed by atoms with Gasteiger partial charge in [0.25, 0.3) is 0 Å². The minimum atomic E-state index is -0.482. The molecule has 1 atom stereocenters. The molecule has 2 N–H and O–H groups in total. The molecule has 136 valence electrons. The van der Waals surface area contributed by atoms with E-state index in [2.05, 4.69) is 0 Å². The van der Waals surface area contributed by atoms with E-state index in [-0.39, 0.29) is 11.8 Å². The highest BCUT2D eigenvalue weighted by molar-refractivity contribution is 5.91. The minimum Gasteiger partial charge on any atom is -0.465 e. The molecule has 1 aliphatic heterocycles. The Bertz CT molecular complexity index is 1070. The topological polar surface area (TPSA) is 74.4 Å². The maximum absolute atomic E-state index is 12.4. The summed E-state index contributed by atoms with van der Waals surface area (Å²) in [4.78, 5) is 17.2. The largest absolute Gasteiger partial charge is 0.465 e. The number of methoxy groups -OCH3 is 1. The van der Waals surface area contributed by atoms with Gasteiger partial charge >= 0.3 is 5.97 Å². The first-order chi connectivity index (χ1) is 13.1. The molecule has 0 spiro atoms. The number of pyridine rings is 1. The maximum Gasteiger partial charge on any atom is 0.339 e. The summed E-state index contributed by atoms with van der Waals surface area (Å²) in [6, 6.07) is 17.9. The summed E-state index contributed by atoms with van der Waals surface area (Å²) in [6.45, 7) is 1.99. The highest BCUT2D eigenvalue weighted by Crippen LogP contribution is 2.40. The van der Waals surface area contributed by atoms with Crippen molar-refractivity contribution >= 4 is 16.9 Å². The van der Waals surface area contributed by atoms with Gasteiger partial charge in [-0.25, -0.2) is 4.79 Å². The fourth-order valence-corrected chi connectivity index (χ4v) is 3.51. The first-order valence-electron chi connectivity index (χ1n) is 8.78. The quantitative estimate of drug-likeness (QED) is 0.722. The first-order valence-corrected chi connectivity index (χ1v) is 8.78. The highest BCUT2D eigenvalue weighted by Gasteiger charge is 2.34. The van der Waals surface area contributed by atoms with Gasteiger partial charge in [0, 0.05) is 29.0 Å². The number of aryl methyl sites for hydroxylation is 1. The Morgan fingerprint density at radius 1 is 1.19 bits per heavy atom. The average Bonchev–Trinajstić information content (AvgIpc) is 2.67. The average molecular weight is 360 g/mol. The van der Waals surface area contributed by atoms with Crippen LogP contribution in [0.5, 0.6) is 5.75 Å². The Morgan fingerprint density at radius 3 is 2.81 bits per heavy atom. The molecule has 4 rings (SSSR count). The molecule has 2 aromatic carbocycles. The third kappa shape index (κ3) is 3.12. The lowest BCUT2D eigenvalue weighted by atomic mass is 9.84. The van der Waals surface area contributed by atoms with Crippen molar-refractivity contribution in [3.05, 3.63) is 82.9 Å². The van der Waals surface area contributed by atoms with Crippen molar-refractivity contribution in [2.24, 2.45) is 5.73 Å². The van der Waals surface area contributed by atoms with Crippen LogP contribution in [-0.4, -0.2) is 18.1 Å². The SMILES string of the molecule is COC(=O)C1=C(N)Oc2cc(C)ccc2C1Cc1ccc2ccccc2n1. The number of ether oxygens (including phenoxy) is 2. The summed E-state index contributed by atoms with van der Waals surface area (Å²) >= 11 is 0. The van der Waals surface area contributed by atoms with Crippen molar-refractivity contribution in [2.75, 3.05) is 7.11 Å². The Kier molecular flexibility index (Phi) is 4.28. The Labute approximate surface area is 157 Å². The molecule has 0 fully saturated rings. The molecule has 2 heterocycles. The standard InChI is InChI=1S/C22H20N2O3/c1-13-7-10-16-17(20(22(25)26-2)21(23)27-19(16)11-13)12-15-9-8-14-5-3-4-6-18(14)24-15/h3-11,17H,12,23H2,1-2H3. The van der Waals surface area contributed by atoms with Crippen LogP contribution in [0.3, 0.4) is 0 Å². The van der Waals surface area contributed by atoms with Gasteiger partial charge in [0.2, 0.25) is 5.88 Å². The number of hydrogen-bond acceptors (Lipinski definition) is 5. The second kappa shape index (κ2) is 6.76. The van der Waals surface area contributed by atoms with Crippen molar-refractivity contribution in [1.29, 1.82) is 0 Å². The molecule has 1 aliphatic rings. The van der Waals surface area contributed by atoms with E-state index in [1.165, 1.54) is 7.11 Å². The second-order valence-corrected chi connectivity index (χ2v) is 6.66. The number of nitrogens with zero attached hydrogens (tertiary/aromatic N) is 1. The maximum atomic E-state index is 12.4.